The maximum atomic E-state index is 11.6. The van der Waals surface area contributed by atoms with Gasteiger partial charge in [0.1, 0.15) is 10.8 Å². The van der Waals surface area contributed by atoms with Gasteiger partial charge < -0.3 is 10.1 Å². The van der Waals surface area contributed by atoms with E-state index < -0.39 is 5.92 Å². The van der Waals surface area contributed by atoms with E-state index in [1.54, 1.807) is 37.6 Å². The monoisotopic (exact) mass is 277 g/mol. The number of hydrogen-bond donors (Lipinski definition) is 1. The molecule has 0 aromatic heterocycles. The van der Waals surface area contributed by atoms with Gasteiger partial charge in [-0.15, -0.1) is 11.8 Å². The van der Waals surface area contributed by atoms with Gasteiger partial charge in [-0.1, -0.05) is 6.07 Å². The normalized spacial score (nSPS) is 12.4. The van der Waals surface area contributed by atoms with E-state index in [4.69, 9.17) is 10.00 Å². The van der Waals surface area contributed by atoms with Gasteiger partial charge in [0.15, 0.2) is 5.92 Å². The molecule has 0 saturated carbocycles. The van der Waals surface area contributed by atoms with Crippen molar-refractivity contribution in [3.63, 3.8) is 0 Å². The van der Waals surface area contributed by atoms with E-state index in [1.807, 2.05) is 6.07 Å². The number of hydrogen-bond acceptors (Lipinski definition) is 5. The summed E-state index contributed by atoms with van der Waals surface area (Å²) < 4.78 is 5.11. The molecule has 0 heterocycles. The van der Waals surface area contributed by atoms with Crippen molar-refractivity contribution in [1.29, 1.82) is 5.26 Å². The molecule has 0 aliphatic carbocycles. The van der Waals surface area contributed by atoms with Crippen LogP contribution in [-0.4, -0.2) is 31.4 Å². The first-order valence-electron chi connectivity index (χ1n) is 5.54. The minimum atomic E-state index is -0.897. The Kier molecular flexibility index (Phi) is 5.90. The van der Waals surface area contributed by atoms with Crippen LogP contribution < -0.4 is 10.1 Å². The maximum absolute atomic E-state index is 11.6. The molecule has 1 aromatic carbocycles. The molecule has 0 aliphatic heterocycles. The zero-order valence-electron chi connectivity index (χ0n) is 11.0. The minimum Gasteiger partial charge on any atom is -0.497 e. The van der Waals surface area contributed by atoms with Crippen LogP contribution in [0.2, 0.25) is 0 Å². The Balaban J connectivity index is 3.10. The van der Waals surface area contributed by atoms with Crippen molar-refractivity contribution >= 4 is 28.4 Å². The molecule has 1 amide bonds. The van der Waals surface area contributed by atoms with Gasteiger partial charge in [0, 0.05) is 13.1 Å². The first-order chi connectivity index (χ1) is 9.15. The number of rotatable bonds is 4. The minimum absolute atomic E-state index is 0.363. The molecule has 0 spiro atoms. The van der Waals surface area contributed by atoms with Gasteiger partial charge in [-0.25, -0.2) is 4.99 Å². The molecule has 100 valence electrons. The fraction of sp³-hybridized carbons (Fsp3) is 0.308. The van der Waals surface area contributed by atoms with Gasteiger partial charge >= 0.3 is 0 Å². The van der Waals surface area contributed by atoms with E-state index in [9.17, 15) is 4.79 Å². The Bertz CT molecular complexity index is 523. The van der Waals surface area contributed by atoms with Crippen LogP contribution in [0, 0.1) is 17.2 Å². The molecule has 0 aliphatic rings. The average Bonchev–Trinajstić information content (AvgIpc) is 2.46. The Morgan fingerprint density at radius 3 is 2.84 bits per heavy atom. The number of amides is 1. The summed E-state index contributed by atoms with van der Waals surface area (Å²) >= 11 is 1.28. The van der Waals surface area contributed by atoms with Crippen LogP contribution in [-0.2, 0) is 4.79 Å². The maximum Gasteiger partial charge on any atom is 0.243 e. The standard InChI is InChI=1S/C13H15N3O2S/c1-15-12(17)11(8-14)13(19-3)16-9-5-4-6-10(7-9)18-2/h4-7,11H,1-3H3,(H,15,17). The van der Waals surface area contributed by atoms with Gasteiger partial charge in [-0.3, -0.25) is 4.79 Å². The summed E-state index contributed by atoms with van der Waals surface area (Å²) in [6.07, 6.45) is 1.78. The Hall–Kier alpha value is -2.00. The van der Waals surface area contributed by atoms with Crippen LogP contribution in [0.15, 0.2) is 29.3 Å². The van der Waals surface area contributed by atoms with Gasteiger partial charge in [-0.05, 0) is 18.4 Å². The number of nitrogens with zero attached hydrogens (tertiary/aromatic N) is 2. The summed E-state index contributed by atoms with van der Waals surface area (Å²) in [6.45, 7) is 0. The van der Waals surface area contributed by atoms with Crippen molar-refractivity contribution in [3.05, 3.63) is 24.3 Å². The highest BCUT2D eigenvalue weighted by Crippen LogP contribution is 2.23. The van der Waals surface area contributed by atoms with Crippen LogP contribution in [0.25, 0.3) is 0 Å². The highest BCUT2D eigenvalue weighted by molar-refractivity contribution is 8.13. The van der Waals surface area contributed by atoms with E-state index >= 15 is 0 Å². The number of nitriles is 1. The predicted molar refractivity (Wildman–Crippen MR) is 76.8 cm³/mol. The second-order valence-electron chi connectivity index (χ2n) is 3.53. The smallest absolute Gasteiger partial charge is 0.243 e. The van der Waals surface area contributed by atoms with Crippen molar-refractivity contribution in [2.24, 2.45) is 10.9 Å². The van der Waals surface area contributed by atoms with Crippen molar-refractivity contribution in [3.8, 4) is 11.8 Å². The molecule has 6 heteroatoms. The fourth-order valence-corrected chi connectivity index (χ4v) is 2.00. The summed E-state index contributed by atoms with van der Waals surface area (Å²) in [5, 5.41) is 12.0. The summed E-state index contributed by atoms with van der Waals surface area (Å²) in [5.41, 5.74) is 0.646. The largest absolute Gasteiger partial charge is 0.497 e. The summed E-state index contributed by atoms with van der Waals surface area (Å²) in [7, 11) is 3.07. The number of thioether (sulfide) groups is 1. The lowest BCUT2D eigenvalue weighted by Crippen LogP contribution is -2.30. The van der Waals surface area contributed by atoms with E-state index in [1.165, 1.54) is 18.8 Å². The number of carbonyl (C=O) groups excluding carboxylic acids is 1. The quantitative estimate of drug-likeness (QED) is 0.674. The topological polar surface area (TPSA) is 74.5 Å². The number of ether oxygens (including phenoxy) is 1. The molecule has 1 unspecified atom stereocenters. The fourth-order valence-electron chi connectivity index (χ4n) is 1.41. The Morgan fingerprint density at radius 2 is 2.32 bits per heavy atom. The molecular weight excluding hydrogens is 262 g/mol. The van der Waals surface area contributed by atoms with Crippen molar-refractivity contribution in [2.75, 3.05) is 20.4 Å². The second kappa shape index (κ2) is 7.44. The number of benzene rings is 1. The van der Waals surface area contributed by atoms with Crippen molar-refractivity contribution < 1.29 is 9.53 Å². The van der Waals surface area contributed by atoms with Crippen molar-refractivity contribution in [2.45, 2.75) is 0 Å². The van der Waals surface area contributed by atoms with Gasteiger partial charge in [-0.2, -0.15) is 5.26 Å². The van der Waals surface area contributed by atoms with Gasteiger partial charge in [0.2, 0.25) is 5.91 Å². The molecule has 1 rings (SSSR count). The molecule has 1 aromatic rings. The Morgan fingerprint density at radius 1 is 1.58 bits per heavy atom. The zero-order chi connectivity index (χ0) is 14.3. The van der Waals surface area contributed by atoms with Crippen molar-refractivity contribution in [1.82, 2.24) is 5.32 Å². The van der Waals surface area contributed by atoms with E-state index in [0.29, 0.717) is 16.5 Å². The molecular formula is C13H15N3O2S. The van der Waals surface area contributed by atoms with Gasteiger partial charge in [0.05, 0.1) is 18.9 Å². The van der Waals surface area contributed by atoms with Crippen LogP contribution >= 0.6 is 11.8 Å². The third-order valence-corrected chi connectivity index (χ3v) is 3.13. The highest BCUT2D eigenvalue weighted by Gasteiger charge is 2.22. The average molecular weight is 277 g/mol. The molecule has 0 saturated heterocycles. The molecule has 5 nitrogen and oxygen atoms in total. The van der Waals surface area contributed by atoms with E-state index in [0.717, 1.165) is 0 Å². The number of aliphatic imine (C=N–C) groups is 1. The third-order valence-electron chi connectivity index (χ3n) is 2.39. The molecule has 1 N–H and O–H groups in total. The van der Waals surface area contributed by atoms with Gasteiger partial charge in [0.25, 0.3) is 0 Å². The first kappa shape index (κ1) is 15.1. The summed E-state index contributed by atoms with van der Waals surface area (Å²) in [6, 6.07) is 9.10. The lowest BCUT2D eigenvalue weighted by atomic mass is 10.2. The number of nitrogens with one attached hydrogen (secondary N) is 1. The molecule has 19 heavy (non-hydrogen) atoms. The molecule has 0 radical (unpaired) electrons. The first-order valence-corrected chi connectivity index (χ1v) is 6.76. The zero-order valence-corrected chi connectivity index (χ0v) is 11.8. The molecule has 0 fully saturated rings. The third kappa shape index (κ3) is 4.00. The summed E-state index contributed by atoms with van der Waals surface area (Å²) in [5.74, 6) is -0.583. The van der Waals surface area contributed by atoms with Crippen LogP contribution in [0.3, 0.4) is 0 Å². The van der Waals surface area contributed by atoms with Crippen LogP contribution in [0.4, 0.5) is 5.69 Å². The lowest BCUT2D eigenvalue weighted by Gasteiger charge is -2.09. The summed E-state index contributed by atoms with van der Waals surface area (Å²) in [4.78, 5) is 15.9. The SMILES string of the molecule is CNC(=O)C(C#N)C(=Nc1cccc(OC)c1)SC. The molecule has 0 bridgehead atoms. The Labute approximate surface area is 116 Å². The molecule has 1 atom stereocenters. The predicted octanol–water partition coefficient (Wildman–Crippen LogP) is 1.97. The lowest BCUT2D eigenvalue weighted by molar-refractivity contribution is -0.121. The van der Waals surface area contributed by atoms with Crippen LogP contribution in [0.1, 0.15) is 0 Å². The number of carbonyl (C=O) groups is 1. The highest BCUT2D eigenvalue weighted by atomic mass is 32.2. The number of methoxy groups -OCH3 is 1. The van der Waals surface area contributed by atoms with Crippen LogP contribution in [0.5, 0.6) is 5.75 Å². The second-order valence-corrected chi connectivity index (χ2v) is 4.36. The van der Waals surface area contributed by atoms with E-state index in [2.05, 4.69) is 10.3 Å². The van der Waals surface area contributed by atoms with E-state index in [-0.39, 0.29) is 5.91 Å².